The van der Waals surface area contributed by atoms with Crippen LogP contribution in [0.3, 0.4) is 0 Å². The fourth-order valence-electron chi connectivity index (χ4n) is 1.78. The molecule has 1 fully saturated rings. The van der Waals surface area contributed by atoms with Crippen molar-refractivity contribution in [3.8, 4) is 0 Å². The molecular formula is C10H24O4Si2. The number of hydrogen-bond acceptors (Lipinski definition) is 4. The van der Waals surface area contributed by atoms with Gasteiger partial charge in [0, 0.05) is 12.2 Å². The first-order chi connectivity index (χ1) is 7.25. The van der Waals surface area contributed by atoms with Crippen LogP contribution < -0.4 is 0 Å². The van der Waals surface area contributed by atoms with Gasteiger partial charge in [-0.05, 0) is 40.8 Å². The molecule has 0 aromatic rings. The van der Waals surface area contributed by atoms with E-state index in [4.69, 9.17) is 17.7 Å². The monoisotopic (exact) mass is 264 g/mol. The summed E-state index contributed by atoms with van der Waals surface area (Å²) in [4.78, 5) is 0. The van der Waals surface area contributed by atoms with Gasteiger partial charge in [0.2, 0.25) is 0 Å². The third-order valence-electron chi connectivity index (χ3n) is 2.25. The summed E-state index contributed by atoms with van der Waals surface area (Å²) in [5.41, 5.74) is 0. The van der Waals surface area contributed by atoms with Crippen molar-refractivity contribution in [1.82, 2.24) is 0 Å². The van der Waals surface area contributed by atoms with E-state index in [1.54, 1.807) is 0 Å². The van der Waals surface area contributed by atoms with Crippen LogP contribution in [0.25, 0.3) is 0 Å². The molecule has 0 spiro atoms. The Balaban J connectivity index is 2.49. The Labute approximate surface area is 101 Å². The zero-order chi connectivity index (χ0) is 12.4. The van der Waals surface area contributed by atoms with E-state index in [1.165, 1.54) is 0 Å². The lowest BCUT2D eigenvalue weighted by atomic mass is 10.5. The van der Waals surface area contributed by atoms with Gasteiger partial charge in [-0.15, -0.1) is 0 Å². The van der Waals surface area contributed by atoms with E-state index in [-0.39, 0.29) is 12.2 Å². The molecule has 2 unspecified atom stereocenters. The Morgan fingerprint density at radius 1 is 0.812 bits per heavy atom. The molecule has 0 saturated carbocycles. The molecule has 1 aliphatic heterocycles. The molecule has 1 rings (SSSR count). The fourth-order valence-corrected chi connectivity index (χ4v) is 8.76. The third kappa shape index (κ3) is 4.27. The molecule has 0 aromatic carbocycles. The lowest BCUT2D eigenvalue weighted by molar-refractivity contribution is 0.0612. The van der Waals surface area contributed by atoms with Crippen LogP contribution in [-0.4, -0.2) is 41.8 Å². The molecular weight excluding hydrogens is 240 g/mol. The van der Waals surface area contributed by atoms with Gasteiger partial charge in [-0.2, -0.15) is 0 Å². The van der Waals surface area contributed by atoms with Crippen LogP contribution in [0, 0.1) is 0 Å². The van der Waals surface area contributed by atoms with Gasteiger partial charge in [0.15, 0.2) is 0 Å². The van der Waals surface area contributed by atoms with E-state index >= 15 is 0 Å². The van der Waals surface area contributed by atoms with Crippen molar-refractivity contribution < 1.29 is 17.7 Å². The molecule has 2 atom stereocenters. The van der Waals surface area contributed by atoms with Crippen LogP contribution in [-0.2, 0) is 17.7 Å². The Hall–Kier alpha value is 0.274. The Morgan fingerprint density at radius 2 is 1.12 bits per heavy atom. The SMILES string of the molecule is CC(C)O[Si]1(C)CO[Si](C)(OC(C)C)CO1. The molecule has 0 N–H and O–H groups in total. The molecule has 96 valence electrons. The lowest BCUT2D eigenvalue weighted by Crippen LogP contribution is -2.61. The van der Waals surface area contributed by atoms with Crippen LogP contribution >= 0.6 is 0 Å². The maximum absolute atomic E-state index is 5.92. The second kappa shape index (κ2) is 5.28. The van der Waals surface area contributed by atoms with E-state index in [2.05, 4.69) is 13.1 Å². The molecule has 16 heavy (non-hydrogen) atoms. The highest BCUT2D eigenvalue weighted by atomic mass is 28.4. The molecule has 0 amide bonds. The first-order valence-corrected chi connectivity index (χ1v) is 10.9. The summed E-state index contributed by atoms with van der Waals surface area (Å²) in [6.07, 6.45) is 1.55. The zero-order valence-corrected chi connectivity index (χ0v) is 13.2. The molecule has 0 radical (unpaired) electrons. The molecule has 4 nitrogen and oxygen atoms in total. The first-order valence-electron chi connectivity index (χ1n) is 5.88. The van der Waals surface area contributed by atoms with Crippen molar-refractivity contribution in [2.45, 2.75) is 53.0 Å². The number of hydrogen-bond donors (Lipinski definition) is 0. The molecule has 6 heteroatoms. The highest BCUT2D eigenvalue weighted by Crippen LogP contribution is 2.23. The summed E-state index contributed by atoms with van der Waals surface area (Å²) in [5, 5.41) is 0. The van der Waals surface area contributed by atoms with E-state index in [9.17, 15) is 0 Å². The van der Waals surface area contributed by atoms with Crippen LogP contribution in [0.5, 0.6) is 0 Å². The van der Waals surface area contributed by atoms with Crippen LogP contribution in [0.4, 0.5) is 0 Å². The van der Waals surface area contributed by atoms with Gasteiger partial charge in [0.25, 0.3) is 0 Å². The highest BCUT2D eigenvalue weighted by molar-refractivity contribution is 6.73. The number of rotatable bonds is 4. The summed E-state index contributed by atoms with van der Waals surface area (Å²) >= 11 is 0. The van der Waals surface area contributed by atoms with E-state index < -0.39 is 17.1 Å². The molecule has 1 heterocycles. The maximum atomic E-state index is 5.92. The van der Waals surface area contributed by atoms with Crippen molar-refractivity contribution in [2.24, 2.45) is 0 Å². The van der Waals surface area contributed by atoms with Gasteiger partial charge in [-0.3, -0.25) is 0 Å². The molecule has 1 aliphatic rings. The van der Waals surface area contributed by atoms with Crippen LogP contribution in [0.2, 0.25) is 13.1 Å². The maximum Gasteiger partial charge on any atom is 0.360 e. The summed E-state index contributed by atoms with van der Waals surface area (Å²) in [5.74, 6) is 0. The Kier molecular flexibility index (Phi) is 4.73. The van der Waals surface area contributed by atoms with Crippen molar-refractivity contribution >= 4 is 17.1 Å². The van der Waals surface area contributed by atoms with Crippen LogP contribution in [0.1, 0.15) is 27.7 Å². The van der Waals surface area contributed by atoms with Gasteiger partial charge in [-0.25, -0.2) is 0 Å². The van der Waals surface area contributed by atoms with Gasteiger partial charge >= 0.3 is 17.1 Å². The summed E-state index contributed by atoms with van der Waals surface area (Å²) in [6.45, 7) is 12.2. The van der Waals surface area contributed by atoms with E-state index in [0.29, 0.717) is 12.5 Å². The topological polar surface area (TPSA) is 36.9 Å². The predicted octanol–water partition coefficient (Wildman–Crippen LogP) is 2.11. The van der Waals surface area contributed by atoms with Crippen molar-refractivity contribution in [3.05, 3.63) is 0 Å². The summed E-state index contributed by atoms with van der Waals surface area (Å²) < 4.78 is 23.5. The van der Waals surface area contributed by atoms with Gasteiger partial charge in [-0.1, -0.05) is 0 Å². The predicted molar refractivity (Wildman–Crippen MR) is 67.6 cm³/mol. The van der Waals surface area contributed by atoms with E-state index in [1.807, 2.05) is 27.7 Å². The molecule has 0 aliphatic carbocycles. The standard InChI is InChI=1S/C10H24O4Si2/c1-9(2)13-15(5)7-12-16(6,8-11-15)14-10(3)4/h9-10H,7-8H2,1-6H3. The van der Waals surface area contributed by atoms with Crippen LogP contribution in [0.15, 0.2) is 0 Å². The average molecular weight is 264 g/mol. The summed E-state index contributed by atoms with van der Waals surface area (Å²) in [7, 11) is -4.21. The first kappa shape index (κ1) is 14.3. The minimum atomic E-state index is -2.11. The van der Waals surface area contributed by atoms with Gasteiger partial charge in [0.1, 0.15) is 0 Å². The normalized spacial score (nSPS) is 36.0. The van der Waals surface area contributed by atoms with Crippen molar-refractivity contribution in [2.75, 3.05) is 12.5 Å². The fraction of sp³-hybridized carbons (Fsp3) is 1.00. The van der Waals surface area contributed by atoms with Crippen molar-refractivity contribution in [3.63, 3.8) is 0 Å². The minimum Gasteiger partial charge on any atom is -0.391 e. The lowest BCUT2D eigenvalue weighted by Gasteiger charge is -2.40. The second-order valence-electron chi connectivity index (χ2n) is 5.18. The molecule has 0 bridgehead atoms. The Morgan fingerprint density at radius 3 is 1.31 bits per heavy atom. The highest BCUT2D eigenvalue weighted by Gasteiger charge is 2.47. The Bertz CT molecular complexity index is 201. The smallest absolute Gasteiger partial charge is 0.360 e. The second-order valence-corrected chi connectivity index (χ2v) is 11.3. The summed E-state index contributed by atoms with van der Waals surface area (Å²) in [6, 6.07) is 0. The molecule has 0 aromatic heterocycles. The van der Waals surface area contributed by atoms with Gasteiger partial charge < -0.3 is 17.7 Å². The molecule has 1 saturated heterocycles. The van der Waals surface area contributed by atoms with E-state index in [0.717, 1.165) is 0 Å². The van der Waals surface area contributed by atoms with Gasteiger partial charge in [0.05, 0.1) is 12.5 Å². The quantitative estimate of drug-likeness (QED) is 0.729. The van der Waals surface area contributed by atoms with Crippen molar-refractivity contribution in [1.29, 1.82) is 0 Å². The largest absolute Gasteiger partial charge is 0.391 e. The third-order valence-corrected chi connectivity index (χ3v) is 7.61. The zero-order valence-electron chi connectivity index (χ0n) is 11.2. The minimum absolute atomic E-state index is 0.192. The average Bonchev–Trinajstić information content (AvgIpc) is 2.09.